The number of halogens is 1. The van der Waals surface area contributed by atoms with E-state index in [-0.39, 0.29) is 0 Å². The summed E-state index contributed by atoms with van der Waals surface area (Å²) in [6.07, 6.45) is 5.43. The average Bonchev–Trinajstić information content (AvgIpc) is 2.59. The van der Waals surface area contributed by atoms with E-state index in [1.807, 2.05) is 17.8 Å². The summed E-state index contributed by atoms with van der Waals surface area (Å²) in [4.78, 5) is 0. The fourth-order valence-corrected chi connectivity index (χ4v) is 1.78. The van der Waals surface area contributed by atoms with Crippen LogP contribution in [-0.4, -0.2) is 22.9 Å². The predicted molar refractivity (Wildman–Crippen MR) is 69.1 cm³/mol. The summed E-state index contributed by atoms with van der Waals surface area (Å²) in [7, 11) is 0. The van der Waals surface area contributed by atoms with Crippen molar-refractivity contribution in [3.8, 4) is 0 Å². The zero-order chi connectivity index (χ0) is 12.0. The highest BCUT2D eigenvalue weighted by molar-refractivity contribution is 6.31. The quantitative estimate of drug-likeness (QED) is 0.746. The van der Waals surface area contributed by atoms with Crippen LogP contribution < -0.4 is 5.32 Å². The molecule has 4 heteroatoms. The van der Waals surface area contributed by atoms with E-state index in [1.54, 1.807) is 0 Å². The van der Waals surface area contributed by atoms with Gasteiger partial charge in [-0.15, -0.1) is 0 Å². The van der Waals surface area contributed by atoms with E-state index in [0.717, 1.165) is 30.2 Å². The molecule has 0 spiro atoms. The molecule has 0 saturated carbocycles. The molecule has 92 valence electrons. The lowest BCUT2D eigenvalue weighted by Gasteiger charge is -2.12. The van der Waals surface area contributed by atoms with Crippen LogP contribution in [0.4, 0.5) is 0 Å². The van der Waals surface area contributed by atoms with E-state index in [1.165, 1.54) is 12.8 Å². The molecule has 0 bridgehead atoms. The zero-order valence-corrected chi connectivity index (χ0v) is 11.2. The Balaban J connectivity index is 2.27. The van der Waals surface area contributed by atoms with Crippen molar-refractivity contribution in [2.24, 2.45) is 0 Å². The maximum absolute atomic E-state index is 5.98. The Morgan fingerprint density at radius 1 is 1.50 bits per heavy atom. The first kappa shape index (κ1) is 13.5. The normalized spacial score (nSPS) is 13.0. The Morgan fingerprint density at radius 3 is 2.81 bits per heavy atom. The average molecular weight is 244 g/mol. The van der Waals surface area contributed by atoms with Crippen LogP contribution in [0, 0.1) is 6.92 Å². The van der Waals surface area contributed by atoms with Crippen LogP contribution in [0.2, 0.25) is 5.02 Å². The lowest BCUT2D eigenvalue weighted by Crippen LogP contribution is -2.17. The van der Waals surface area contributed by atoms with Gasteiger partial charge in [-0.25, -0.2) is 0 Å². The van der Waals surface area contributed by atoms with Gasteiger partial charge in [0, 0.05) is 12.2 Å². The SMILES string of the molecule is CCCNCCCC(C)n1cc(Cl)c(C)n1. The minimum Gasteiger partial charge on any atom is -0.317 e. The van der Waals surface area contributed by atoms with Gasteiger partial charge in [-0.05, 0) is 46.2 Å². The molecule has 0 fully saturated rings. The van der Waals surface area contributed by atoms with E-state index < -0.39 is 0 Å². The molecule has 1 aromatic heterocycles. The summed E-state index contributed by atoms with van der Waals surface area (Å²) in [6.45, 7) is 8.51. The van der Waals surface area contributed by atoms with Crippen molar-refractivity contribution >= 4 is 11.6 Å². The number of rotatable bonds is 7. The molecule has 0 aliphatic rings. The molecule has 0 radical (unpaired) electrons. The second kappa shape index (κ2) is 6.92. The van der Waals surface area contributed by atoms with Gasteiger partial charge in [0.15, 0.2) is 0 Å². The maximum Gasteiger partial charge on any atom is 0.0815 e. The van der Waals surface area contributed by atoms with E-state index in [2.05, 4.69) is 24.3 Å². The van der Waals surface area contributed by atoms with E-state index >= 15 is 0 Å². The fraction of sp³-hybridized carbons (Fsp3) is 0.750. The summed E-state index contributed by atoms with van der Waals surface area (Å²) < 4.78 is 1.97. The van der Waals surface area contributed by atoms with Gasteiger partial charge >= 0.3 is 0 Å². The number of hydrogen-bond acceptors (Lipinski definition) is 2. The molecule has 16 heavy (non-hydrogen) atoms. The third-order valence-corrected chi connectivity index (χ3v) is 3.08. The zero-order valence-electron chi connectivity index (χ0n) is 10.5. The van der Waals surface area contributed by atoms with E-state index in [9.17, 15) is 0 Å². The highest BCUT2D eigenvalue weighted by Gasteiger charge is 2.08. The second-order valence-corrected chi connectivity index (χ2v) is 4.69. The lowest BCUT2D eigenvalue weighted by molar-refractivity contribution is 0.437. The van der Waals surface area contributed by atoms with Gasteiger partial charge in [-0.3, -0.25) is 4.68 Å². The van der Waals surface area contributed by atoms with Gasteiger partial charge in [-0.1, -0.05) is 18.5 Å². The van der Waals surface area contributed by atoms with Crippen LogP contribution in [0.25, 0.3) is 0 Å². The van der Waals surface area contributed by atoms with Crippen LogP contribution >= 0.6 is 11.6 Å². The topological polar surface area (TPSA) is 29.9 Å². The van der Waals surface area contributed by atoms with Crippen molar-refractivity contribution in [1.82, 2.24) is 15.1 Å². The third-order valence-electron chi connectivity index (χ3n) is 2.71. The van der Waals surface area contributed by atoms with Crippen LogP contribution in [0.5, 0.6) is 0 Å². The van der Waals surface area contributed by atoms with E-state index in [0.29, 0.717) is 6.04 Å². The van der Waals surface area contributed by atoms with Gasteiger partial charge in [0.25, 0.3) is 0 Å². The Kier molecular flexibility index (Phi) is 5.85. The first-order chi connectivity index (χ1) is 7.65. The first-order valence-electron chi connectivity index (χ1n) is 6.07. The van der Waals surface area contributed by atoms with Gasteiger partial charge < -0.3 is 5.32 Å². The summed E-state index contributed by atoms with van der Waals surface area (Å²) in [6, 6.07) is 0.426. The Morgan fingerprint density at radius 2 is 2.25 bits per heavy atom. The smallest absolute Gasteiger partial charge is 0.0815 e. The van der Waals surface area contributed by atoms with Crippen molar-refractivity contribution in [2.75, 3.05) is 13.1 Å². The molecule has 3 nitrogen and oxygen atoms in total. The first-order valence-corrected chi connectivity index (χ1v) is 6.45. The van der Waals surface area contributed by atoms with Gasteiger partial charge in [0.05, 0.1) is 10.7 Å². The summed E-state index contributed by atoms with van der Waals surface area (Å²) in [5.74, 6) is 0. The van der Waals surface area contributed by atoms with Gasteiger partial charge in [0.2, 0.25) is 0 Å². The van der Waals surface area contributed by atoms with Gasteiger partial charge in [-0.2, -0.15) is 5.10 Å². The highest BCUT2D eigenvalue weighted by Crippen LogP contribution is 2.18. The largest absolute Gasteiger partial charge is 0.317 e. The molecular formula is C12H22ClN3. The minimum absolute atomic E-state index is 0.426. The molecule has 1 N–H and O–H groups in total. The van der Waals surface area contributed by atoms with Crippen LogP contribution in [0.15, 0.2) is 6.20 Å². The summed E-state index contributed by atoms with van der Waals surface area (Å²) >= 11 is 5.98. The van der Waals surface area contributed by atoms with Gasteiger partial charge in [0.1, 0.15) is 0 Å². The Bertz CT molecular complexity index is 290. The molecular weight excluding hydrogens is 222 g/mol. The molecule has 0 aromatic carbocycles. The van der Waals surface area contributed by atoms with E-state index in [4.69, 9.17) is 11.6 Å². The number of aromatic nitrogens is 2. The third kappa shape index (κ3) is 4.14. The monoisotopic (exact) mass is 243 g/mol. The molecule has 0 saturated heterocycles. The molecule has 0 amide bonds. The maximum atomic E-state index is 5.98. The summed E-state index contributed by atoms with van der Waals surface area (Å²) in [5, 5.41) is 8.55. The van der Waals surface area contributed by atoms with Crippen molar-refractivity contribution in [2.45, 2.75) is 46.1 Å². The van der Waals surface area contributed by atoms with Crippen molar-refractivity contribution < 1.29 is 0 Å². The number of nitrogens with one attached hydrogen (secondary N) is 1. The lowest BCUT2D eigenvalue weighted by atomic mass is 10.2. The molecule has 1 heterocycles. The molecule has 1 rings (SSSR count). The number of nitrogens with zero attached hydrogens (tertiary/aromatic N) is 2. The van der Waals surface area contributed by atoms with Crippen LogP contribution in [-0.2, 0) is 0 Å². The number of aryl methyl sites for hydroxylation is 1. The Hall–Kier alpha value is -0.540. The van der Waals surface area contributed by atoms with Crippen LogP contribution in [0.1, 0.15) is 44.8 Å². The number of hydrogen-bond donors (Lipinski definition) is 1. The van der Waals surface area contributed by atoms with Crippen molar-refractivity contribution in [3.63, 3.8) is 0 Å². The standard InChI is InChI=1S/C12H22ClN3/c1-4-7-14-8-5-6-10(2)16-9-12(13)11(3)15-16/h9-10,14H,4-8H2,1-3H3. The molecule has 1 atom stereocenters. The summed E-state index contributed by atoms with van der Waals surface area (Å²) in [5.41, 5.74) is 0.914. The van der Waals surface area contributed by atoms with Crippen molar-refractivity contribution in [1.29, 1.82) is 0 Å². The van der Waals surface area contributed by atoms with Crippen molar-refractivity contribution in [3.05, 3.63) is 16.9 Å². The highest BCUT2D eigenvalue weighted by atomic mass is 35.5. The fourth-order valence-electron chi connectivity index (χ4n) is 1.64. The second-order valence-electron chi connectivity index (χ2n) is 4.28. The Labute approximate surface area is 103 Å². The predicted octanol–water partition coefficient (Wildman–Crippen LogP) is 3.19. The van der Waals surface area contributed by atoms with Crippen LogP contribution in [0.3, 0.4) is 0 Å². The molecule has 1 unspecified atom stereocenters. The minimum atomic E-state index is 0.426. The molecule has 1 aromatic rings. The molecule has 0 aliphatic heterocycles. The molecule has 0 aliphatic carbocycles.